The quantitative estimate of drug-likeness (QED) is 0.683. The number of esters is 2. The zero-order valence-corrected chi connectivity index (χ0v) is 10.5. The van der Waals surface area contributed by atoms with Crippen LogP contribution < -0.4 is 0 Å². The molecule has 0 aliphatic rings. The van der Waals surface area contributed by atoms with Crippen LogP contribution in [0.25, 0.3) is 0 Å². The molecule has 0 aliphatic heterocycles. The first-order chi connectivity index (χ1) is 9.49. The predicted molar refractivity (Wildman–Crippen MR) is 65.5 cm³/mol. The van der Waals surface area contributed by atoms with E-state index in [4.69, 9.17) is 14.9 Å². The number of carboxylic acids is 1. The molecular formula is C13H14O7. The molecule has 7 heteroatoms. The second-order valence-electron chi connectivity index (χ2n) is 3.87. The summed E-state index contributed by atoms with van der Waals surface area (Å²) in [5.41, 5.74) is 0.776. The number of carboxylic acid groups (broad SMARTS) is 1. The summed E-state index contributed by atoms with van der Waals surface area (Å²) in [6, 6.07) is 8.90. The Hall–Kier alpha value is -2.41. The molecule has 108 valence electrons. The van der Waals surface area contributed by atoms with Crippen molar-refractivity contribution >= 4 is 17.9 Å². The molecule has 0 unspecified atom stereocenters. The first kappa shape index (κ1) is 15.6. The third kappa shape index (κ3) is 5.96. The Bertz CT molecular complexity index is 469. The SMILES string of the molecule is O=C(O)C[C@H](O)C(=O)OCC(=O)OCc1ccccc1. The van der Waals surface area contributed by atoms with Crippen LogP contribution in [0.5, 0.6) is 0 Å². The highest BCUT2D eigenvalue weighted by Crippen LogP contribution is 2.01. The van der Waals surface area contributed by atoms with Gasteiger partial charge in [0.1, 0.15) is 6.61 Å². The Morgan fingerprint density at radius 2 is 1.75 bits per heavy atom. The van der Waals surface area contributed by atoms with Gasteiger partial charge in [0.2, 0.25) is 0 Å². The topological polar surface area (TPSA) is 110 Å². The van der Waals surface area contributed by atoms with E-state index >= 15 is 0 Å². The Labute approximate surface area is 114 Å². The normalized spacial score (nSPS) is 11.4. The van der Waals surface area contributed by atoms with Gasteiger partial charge < -0.3 is 19.7 Å². The van der Waals surface area contributed by atoms with Crippen LogP contribution in [-0.2, 0) is 30.5 Å². The Morgan fingerprint density at radius 1 is 1.10 bits per heavy atom. The molecule has 0 heterocycles. The van der Waals surface area contributed by atoms with Crippen molar-refractivity contribution in [1.82, 2.24) is 0 Å². The van der Waals surface area contributed by atoms with Gasteiger partial charge in [-0.1, -0.05) is 30.3 Å². The van der Waals surface area contributed by atoms with Gasteiger partial charge >= 0.3 is 17.9 Å². The van der Waals surface area contributed by atoms with Gasteiger partial charge in [-0.05, 0) is 5.56 Å². The Kier molecular flexibility index (Phi) is 6.18. The maximum absolute atomic E-state index is 11.3. The first-order valence-electron chi connectivity index (χ1n) is 5.75. The van der Waals surface area contributed by atoms with Crippen molar-refractivity contribution in [1.29, 1.82) is 0 Å². The number of carbonyl (C=O) groups is 3. The summed E-state index contributed by atoms with van der Waals surface area (Å²) in [7, 11) is 0. The first-order valence-corrected chi connectivity index (χ1v) is 5.75. The van der Waals surface area contributed by atoms with E-state index in [1.807, 2.05) is 6.07 Å². The highest BCUT2D eigenvalue weighted by Gasteiger charge is 2.21. The number of hydrogen-bond acceptors (Lipinski definition) is 6. The van der Waals surface area contributed by atoms with Gasteiger partial charge in [0.05, 0.1) is 6.42 Å². The number of aliphatic carboxylic acids is 1. The summed E-state index contributed by atoms with van der Waals surface area (Å²) in [5.74, 6) is -3.31. The summed E-state index contributed by atoms with van der Waals surface area (Å²) in [6.45, 7) is -0.642. The van der Waals surface area contributed by atoms with Crippen LogP contribution in [0.2, 0.25) is 0 Å². The lowest BCUT2D eigenvalue weighted by Crippen LogP contribution is -2.28. The molecule has 1 aromatic carbocycles. The van der Waals surface area contributed by atoms with Gasteiger partial charge in [-0.25, -0.2) is 9.59 Å². The van der Waals surface area contributed by atoms with Crippen molar-refractivity contribution in [3.63, 3.8) is 0 Å². The number of aliphatic hydroxyl groups excluding tert-OH is 1. The van der Waals surface area contributed by atoms with Crippen molar-refractivity contribution in [3.8, 4) is 0 Å². The van der Waals surface area contributed by atoms with Gasteiger partial charge in [0.15, 0.2) is 12.7 Å². The minimum absolute atomic E-state index is 0.0366. The second-order valence-corrected chi connectivity index (χ2v) is 3.87. The molecule has 0 spiro atoms. The molecule has 0 saturated heterocycles. The summed E-state index contributed by atoms with van der Waals surface area (Å²) >= 11 is 0. The maximum atomic E-state index is 11.3. The number of hydrogen-bond donors (Lipinski definition) is 2. The van der Waals surface area contributed by atoms with E-state index in [0.29, 0.717) is 0 Å². The molecule has 20 heavy (non-hydrogen) atoms. The fraction of sp³-hybridized carbons (Fsp3) is 0.308. The minimum atomic E-state index is -1.80. The lowest BCUT2D eigenvalue weighted by molar-refractivity contribution is -0.166. The third-order valence-corrected chi connectivity index (χ3v) is 2.21. The molecule has 0 fully saturated rings. The molecule has 0 bridgehead atoms. The van der Waals surface area contributed by atoms with Gasteiger partial charge in [0, 0.05) is 0 Å². The number of aliphatic hydroxyl groups is 1. The van der Waals surface area contributed by atoms with Crippen molar-refractivity contribution in [2.45, 2.75) is 19.1 Å². The number of ether oxygens (including phenoxy) is 2. The molecule has 0 aliphatic carbocycles. The van der Waals surface area contributed by atoms with Crippen molar-refractivity contribution in [3.05, 3.63) is 35.9 Å². The largest absolute Gasteiger partial charge is 0.481 e. The summed E-state index contributed by atoms with van der Waals surface area (Å²) in [5, 5.41) is 17.5. The van der Waals surface area contributed by atoms with Crippen LogP contribution in [0.3, 0.4) is 0 Å². The highest BCUT2D eigenvalue weighted by atomic mass is 16.6. The summed E-state index contributed by atoms with van der Waals surface area (Å²) in [4.78, 5) is 32.6. The van der Waals surface area contributed by atoms with Gasteiger partial charge in [-0.15, -0.1) is 0 Å². The molecule has 1 rings (SSSR count). The molecule has 0 saturated carbocycles. The van der Waals surface area contributed by atoms with Crippen LogP contribution in [0.4, 0.5) is 0 Å². The standard InChI is InChI=1S/C13H14O7/c14-10(6-11(15)16)13(18)20-8-12(17)19-7-9-4-2-1-3-5-9/h1-5,10,14H,6-8H2,(H,15,16)/t10-/m0/s1. The van der Waals surface area contributed by atoms with Crippen LogP contribution in [0.15, 0.2) is 30.3 Å². The molecule has 0 amide bonds. The van der Waals surface area contributed by atoms with Crippen LogP contribution in [0.1, 0.15) is 12.0 Å². The van der Waals surface area contributed by atoms with Crippen molar-refractivity contribution < 1.29 is 34.1 Å². The van der Waals surface area contributed by atoms with Crippen molar-refractivity contribution in [2.75, 3.05) is 6.61 Å². The molecule has 7 nitrogen and oxygen atoms in total. The lowest BCUT2D eigenvalue weighted by atomic mass is 10.2. The van der Waals surface area contributed by atoms with Crippen LogP contribution in [0, 0.1) is 0 Å². The van der Waals surface area contributed by atoms with E-state index in [1.54, 1.807) is 24.3 Å². The van der Waals surface area contributed by atoms with E-state index in [9.17, 15) is 14.4 Å². The van der Waals surface area contributed by atoms with Crippen LogP contribution >= 0.6 is 0 Å². The monoisotopic (exact) mass is 282 g/mol. The molecule has 2 N–H and O–H groups in total. The van der Waals surface area contributed by atoms with Crippen LogP contribution in [-0.4, -0.2) is 40.8 Å². The van der Waals surface area contributed by atoms with Gasteiger partial charge in [-0.2, -0.15) is 0 Å². The van der Waals surface area contributed by atoms with E-state index < -0.39 is 37.0 Å². The zero-order valence-electron chi connectivity index (χ0n) is 10.5. The van der Waals surface area contributed by atoms with E-state index in [2.05, 4.69) is 4.74 Å². The Morgan fingerprint density at radius 3 is 2.35 bits per heavy atom. The van der Waals surface area contributed by atoms with E-state index in [1.165, 1.54) is 0 Å². The minimum Gasteiger partial charge on any atom is -0.481 e. The fourth-order valence-corrected chi connectivity index (χ4v) is 1.25. The molecule has 0 radical (unpaired) electrons. The summed E-state index contributed by atoms with van der Waals surface area (Å²) < 4.78 is 9.25. The zero-order chi connectivity index (χ0) is 15.0. The average molecular weight is 282 g/mol. The molecule has 1 aromatic rings. The van der Waals surface area contributed by atoms with Crippen molar-refractivity contribution in [2.24, 2.45) is 0 Å². The Balaban J connectivity index is 2.26. The summed E-state index contributed by atoms with van der Waals surface area (Å²) in [6.07, 6.45) is -2.58. The van der Waals surface area contributed by atoms with Gasteiger partial charge in [0.25, 0.3) is 0 Å². The molecular weight excluding hydrogens is 268 g/mol. The average Bonchev–Trinajstić information content (AvgIpc) is 2.42. The highest BCUT2D eigenvalue weighted by molar-refractivity contribution is 5.82. The predicted octanol–water partition coefficient (Wildman–Crippen LogP) is 0.109. The third-order valence-electron chi connectivity index (χ3n) is 2.21. The second kappa shape index (κ2) is 7.90. The maximum Gasteiger partial charge on any atom is 0.344 e. The number of benzene rings is 1. The lowest BCUT2D eigenvalue weighted by Gasteiger charge is -2.08. The van der Waals surface area contributed by atoms with E-state index in [-0.39, 0.29) is 6.61 Å². The fourth-order valence-electron chi connectivity index (χ4n) is 1.25. The van der Waals surface area contributed by atoms with Gasteiger partial charge in [-0.3, -0.25) is 4.79 Å². The number of carbonyl (C=O) groups excluding carboxylic acids is 2. The number of rotatable bonds is 7. The molecule has 0 aromatic heterocycles. The smallest absolute Gasteiger partial charge is 0.344 e. The molecule has 1 atom stereocenters. The van der Waals surface area contributed by atoms with E-state index in [0.717, 1.165) is 5.56 Å².